The summed E-state index contributed by atoms with van der Waals surface area (Å²) in [5.74, 6) is 0. The van der Waals surface area contributed by atoms with E-state index in [1.807, 2.05) is 6.92 Å². The van der Waals surface area contributed by atoms with E-state index in [1.54, 1.807) is 11.3 Å². The summed E-state index contributed by atoms with van der Waals surface area (Å²) in [4.78, 5) is 3.43. The highest BCUT2D eigenvalue weighted by Gasteiger charge is 2.09. The van der Waals surface area contributed by atoms with Crippen LogP contribution in [0.1, 0.15) is 23.4 Å². The van der Waals surface area contributed by atoms with Crippen LogP contribution in [0.15, 0.2) is 35.7 Å². The monoisotopic (exact) mass is 260 g/mol. The smallest absolute Gasteiger partial charge is 0.0361 e. The van der Waals surface area contributed by atoms with Crippen molar-refractivity contribution in [2.24, 2.45) is 5.73 Å². The molecule has 0 aliphatic carbocycles. The minimum absolute atomic E-state index is 0.116. The van der Waals surface area contributed by atoms with Gasteiger partial charge in [0.15, 0.2) is 0 Å². The molecular weight excluding hydrogens is 240 g/mol. The summed E-state index contributed by atoms with van der Waals surface area (Å²) in [6, 6.07) is 10.9. The van der Waals surface area contributed by atoms with Gasteiger partial charge in [-0.25, -0.2) is 0 Å². The number of hydrogen-bond acceptors (Lipinski definition) is 3. The van der Waals surface area contributed by atoms with Gasteiger partial charge >= 0.3 is 0 Å². The van der Waals surface area contributed by atoms with Crippen LogP contribution in [0.2, 0.25) is 0 Å². The summed E-state index contributed by atoms with van der Waals surface area (Å²) >= 11 is 1.74. The first-order chi connectivity index (χ1) is 8.58. The highest BCUT2D eigenvalue weighted by atomic mass is 32.1. The molecule has 2 rings (SSSR count). The second-order valence-electron chi connectivity index (χ2n) is 4.92. The van der Waals surface area contributed by atoms with Crippen LogP contribution in [0.25, 0.3) is 11.1 Å². The Hall–Kier alpha value is -1.16. The van der Waals surface area contributed by atoms with Crippen molar-refractivity contribution in [3.63, 3.8) is 0 Å². The Morgan fingerprint density at radius 2 is 2.00 bits per heavy atom. The quantitative estimate of drug-likeness (QED) is 0.911. The highest BCUT2D eigenvalue weighted by molar-refractivity contribution is 7.10. The van der Waals surface area contributed by atoms with Crippen molar-refractivity contribution < 1.29 is 0 Å². The molecule has 0 spiro atoms. The van der Waals surface area contributed by atoms with Crippen molar-refractivity contribution in [1.82, 2.24) is 4.90 Å². The van der Waals surface area contributed by atoms with Crippen molar-refractivity contribution >= 4 is 11.3 Å². The Kier molecular flexibility index (Phi) is 4.17. The number of benzene rings is 1. The lowest BCUT2D eigenvalue weighted by Gasteiger charge is -2.13. The van der Waals surface area contributed by atoms with Gasteiger partial charge in [-0.15, -0.1) is 11.3 Å². The van der Waals surface area contributed by atoms with E-state index in [1.165, 1.54) is 21.6 Å². The van der Waals surface area contributed by atoms with Gasteiger partial charge in [0.1, 0.15) is 0 Å². The van der Waals surface area contributed by atoms with Gasteiger partial charge in [-0.3, -0.25) is 0 Å². The molecule has 1 aromatic carbocycles. The Morgan fingerprint density at radius 1 is 1.28 bits per heavy atom. The number of rotatable bonds is 4. The average molecular weight is 260 g/mol. The molecule has 2 nitrogen and oxygen atoms in total. The maximum absolute atomic E-state index is 5.93. The van der Waals surface area contributed by atoms with E-state index < -0.39 is 0 Å². The average Bonchev–Trinajstić information content (AvgIpc) is 2.78. The molecule has 1 aromatic heterocycles. The highest BCUT2D eigenvalue weighted by Crippen LogP contribution is 2.31. The van der Waals surface area contributed by atoms with Crippen LogP contribution in [0.4, 0.5) is 0 Å². The molecule has 0 unspecified atom stereocenters. The zero-order chi connectivity index (χ0) is 13.1. The molecule has 3 heteroatoms. The van der Waals surface area contributed by atoms with E-state index in [0.717, 1.165) is 6.54 Å². The second-order valence-corrected chi connectivity index (χ2v) is 5.86. The lowest BCUT2D eigenvalue weighted by molar-refractivity contribution is 0.403. The Bertz CT molecular complexity index is 515. The van der Waals surface area contributed by atoms with Crippen LogP contribution in [0, 0.1) is 0 Å². The van der Waals surface area contributed by atoms with Crippen LogP contribution in [-0.2, 0) is 6.54 Å². The molecule has 0 aliphatic rings. The van der Waals surface area contributed by atoms with Gasteiger partial charge in [-0.05, 0) is 49.2 Å². The maximum Gasteiger partial charge on any atom is 0.0361 e. The summed E-state index contributed by atoms with van der Waals surface area (Å²) in [6.07, 6.45) is 0. The van der Waals surface area contributed by atoms with Gasteiger partial charge in [-0.2, -0.15) is 0 Å². The topological polar surface area (TPSA) is 29.3 Å². The summed E-state index contributed by atoms with van der Waals surface area (Å²) in [6.45, 7) is 2.99. The van der Waals surface area contributed by atoms with E-state index in [2.05, 4.69) is 54.7 Å². The number of hydrogen-bond donors (Lipinski definition) is 1. The Morgan fingerprint density at radius 3 is 2.61 bits per heavy atom. The molecule has 0 aliphatic heterocycles. The molecule has 96 valence electrons. The van der Waals surface area contributed by atoms with Crippen molar-refractivity contribution in [3.05, 3.63) is 46.2 Å². The van der Waals surface area contributed by atoms with Crippen molar-refractivity contribution in [2.45, 2.75) is 19.5 Å². The third-order valence-corrected chi connectivity index (χ3v) is 4.02. The van der Waals surface area contributed by atoms with E-state index >= 15 is 0 Å². The Balaban J connectivity index is 2.36. The molecule has 0 radical (unpaired) electrons. The van der Waals surface area contributed by atoms with E-state index in [4.69, 9.17) is 5.73 Å². The lowest BCUT2D eigenvalue weighted by Crippen LogP contribution is -2.11. The van der Waals surface area contributed by atoms with Crippen molar-refractivity contribution in [1.29, 1.82) is 0 Å². The largest absolute Gasteiger partial charge is 0.324 e. The fourth-order valence-electron chi connectivity index (χ4n) is 2.01. The predicted molar refractivity (Wildman–Crippen MR) is 79.7 cm³/mol. The van der Waals surface area contributed by atoms with Gasteiger partial charge < -0.3 is 10.6 Å². The summed E-state index contributed by atoms with van der Waals surface area (Å²) < 4.78 is 0. The minimum Gasteiger partial charge on any atom is -0.324 e. The molecule has 1 atom stereocenters. The third kappa shape index (κ3) is 2.99. The third-order valence-electron chi connectivity index (χ3n) is 2.88. The first-order valence-corrected chi connectivity index (χ1v) is 7.03. The summed E-state index contributed by atoms with van der Waals surface area (Å²) in [5, 5.41) is 2.20. The molecule has 2 aromatic rings. The molecular formula is C15H20N2S. The normalized spacial score (nSPS) is 12.9. The predicted octanol–water partition coefficient (Wildman–Crippen LogP) is 3.50. The Labute approximate surface area is 113 Å². The van der Waals surface area contributed by atoms with Crippen LogP contribution in [0.5, 0.6) is 0 Å². The van der Waals surface area contributed by atoms with E-state index in [-0.39, 0.29) is 6.04 Å². The first-order valence-electron chi connectivity index (χ1n) is 6.15. The number of nitrogens with zero attached hydrogens (tertiary/aromatic N) is 1. The molecule has 18 heavy (non-hydrogen) atoms. The second kappa shape index (κ2) is 5.65. The fourth-order valence-corrected chi connectivity index (χ4v) is 2.88. The lowest BCUT2D eigenvalue weighted by atomic mass is 10.0. The summed E-state index contributed by atoms with van der Waals surface area (Å²) in [7, 11) is 4.19. The molecule has 1 heterocycles. The number of thiophene rings is 1. The molecule has 0 saturated heterocycles. The maximum atomic E-state index is 5.93. The number of nitrogens with two attached hydrogens (primary N) is 1. The zero-order valence-electron chi connectivity index (χ0n) is 11.2. The van der Waals surface area contributed by atoms with Crippen molar-refractivity contribution in [2.75, 3.05) is 14.1 Å². The molecule has 0 bridgehead atoms. The van der Waals surface area contributed by atoms with Gasteiger partial charge in [-0.1, -0.05) is 24.3 Å². The van der Waals surface area contributed by atoms with Gasteiger partial charge in [0.05, 0.1) is 0 Å². The molecule has 0 saturated carbocycles. The SMILES string of the molecule is C[C@@H](N)c1cc(-c2ccccc2CN(C)C)cs1. The molecule has 2 N–H and O–H groups in total. The molecule has 0 amide bonds. The van der Waals surface area contributed by atoms with Crippen LogP contribution >= 0.6 is 11.3 Å². The summed E-state index contributed by atoms with van der Waals surface area (Å²) in [5.41, 5.74) is 9.88. The van der Waals surface area contributed by atoms with Crippen molar-refractivity contribution in [3.8, 4) is 11.1 Å². The van der Waals surface area contributed by atoms with Gasteiger partial charge in [0.25, 0.3) is 0 Å². The van der Waals surface area contributed by atoms with Crippen LogP contribution in [-0.4, -0.2) is 19.0 Å². The van der Waals surface area contributed by atoms with Crippen LogP contribution in [0.3, 0.4) is 0 Å². The van der Waals surface area contributed by atoms with E-state index in [9.17, 15) is 0 Å². The fraction of sp³-hybridized carbons (Fsp3) is 0.333. The molecule has 0 fully saturated rings. The zero-order valence-corrected chi connectivity index (χ0v) is 12.0. The minimum atomic E-state index is 0.116. The van der Waals surface area contributed by atoms with Crippen LogP contribution < -0.4 is 5.73 Å². The van der Waals surface area contributed by atoms with Gasteiger partial charge in [0, 0.05) is 17.5 Å². The standard InChI is InChI=1S/C15H20N2S/c1-11(16)15-8-13(10-18-15)14-7-5-4-6-12(14)9-17(2)3/h4-8,10-11H,9,16H2,1-3H3/t11-/m1/s1. The van der Waals surface area contributed by atoms with Gasteiger partial charge in [0.2, 0.25) is 0 Å². The first kappa shape index (κ1) is 13.3. The van der Waals surface area contributed by atoms with E-state index in [0.29, 0.717) is 0 Å².